The normalized spacial score (nSPS) is 14.2. The van der Waals surface area contributed by atoms with Crippen LogP contribution in [0.2, 0.25) is 0 Å². The summed E-state index contributed by atoms with van der Waals surface area (Å²) in [4.78, 5) is 24.8. The van der Waals surface area contributed by atoms with E-state index in [-0.39, 0.29) is 18.1 Å². The van der Waals surface area contributed by atoms with Crippen molar-refractivity contribution in [3.63, 3.8) is 0 Å². The van der Waals surface area contributed by atoms with Crippen LogP contribution in [0.5, 0.6) is 0 Å². The van der Waals surface area contributed by atoms with Gasteiger partial charge in [-0.1, -0.05) is 0 Å². The molecule has 1 saturated heterocycles. The molecular formula is C13H15F2N3O2. The highest BCUT2D eigenvalue weighted by molar-refractivity contribution is 5.92. The van der Waals surface area contributed by atoms with Gasteiger partial charge in [0, 0.05) is 19.2 Å². The molecule has 0 radical (unpaired) electrons. The maximum absolute atomic E-state index is 13.3. The smallest absolute Gasteiger partial charge is 0.319 e. The minimum atomic E-state index is -0.748. The first kappa shape index (κ1) is 14.2. The molecule has 3 amide bonds. The highest BCUT2D eigenvalue weighted by Crippen LogP contribution is 2.14. The third-order valence-corrected chi connectivity index (χ3v) is 3.04. The van der Waals surface area contributed by atoms with Crippen molar-refractivity contribution in [2.45, 2.75) is 12.8 Å². The quantitative estimate of drug-likeness (QED) is 0.887. The van der Waals surface area contributed by atoms with E-state index in [4.69, 9.17) is 0 Å². The standard InChI is InChI=1S/C13H15F2N3O2/c14-9-3-4-10(15)11(7-9)17-13(20)16-8-12(19)18-5-1-2-6-18/h3-4,7H,1-2,5-6,8H2,(H2,16,17,20). The fourth-order valence-electron chi connectivity index (χ4n) is 1.99. The number of carbonyl (C=O) groups excluding carboxylic acids is 2. The topological polar surface area (TPSA) is 61.4 Å². The van der Waals surface area contributed by atoms with Gasteiger partial charge < -0.3 is 15.5 Å². The van der Waals surface area contributed by atoms with Crippen LogP contribution in [0.25, 0.3) is 0 Å². The van der Waals surface area contributed by atoms with E-state index in [1.807, 2.05) is 0 Å². The van der Waals surface area contributed by atoms with Crippen molar-refractivity contribution in [1.82, 2.24) is 10.2 Å². The molecule has 7 heteroatoms. The van der Waals surface area contributed by atoms with Crippen LogP contribution in [0.4, 0.5) is 19.3 Å². The molecule has 0 unspecified atom stereocenters. The predicted octanol–water partition coefficient (Wildman–Crippen LogP) is 1.71. The van der Waals surface area contributed by atoms with Crippen LogP contribution in [0, 0.1) is 11.6 Å². The first-order chi connectivity index (χ1) is 9.56. The van der Waals surface area contributed by atoms with Gasteiger partial charge in [0.15, 0.2) is 0 Å². The molecular weight excluding hydrogens is 268 g/mol. The number of anilines is 1. The van der Waals surface area contributed by atoms with Gasteiger partial charge in [-0.05, 0) is 25.0 Å². The Morgan fingerprint density at radius 1 is 1.20 bits per heavy atom. The van der Waals surface area contributed by atoms with Crippen LogP contribution in [0.1, 0.15) is 12.8 Å². The zero-order valence-electron chi connectivity index (χ0n) is 10.8. The summed E-state index contributed by atoms with van der Waals surface area (Å²) in [5.74, 6) is -1.58. The van der Waals surface area contributed by atoms with Crippen LogP contribution in [-0.4, -0.2) is 36.5 Å². The summed E-state index contributed by atoms with van der Waals surface area (Å²) in [6.07, 6.45) is 1.93. The van der Waals surface area contributed by atoms with Crippen molar-refractivity contribution >= 4 is 17.6 Å². The summed E-state index contributed by atoms with van der Waals surface area (Å²) in [6.45, 7) is 1.23. The van der Waals surface area contributed by atoms with Gasteiger partial charge in [-0.25, -0.2) is 13.6 Å². The summed E-state index contributed by atoms with van der Waals surface area (Å²) < 4.78 is 26.2. The zero-order valence-corrected chi connectivity index (χ0v) is 10.8. The Morgan fingerprint density at radius 3 is 2.60 bits per heavy atom. The van der Waals surface area contributed by atoms with Gasteiger partial charge in [0.05, 0.1) is 12.2 Å². The van der Waals surface area contributed by atoms with Crippen LogP contribution in [-0.2, 0) is 4.79 Å². The Morgan fingerprint density at radius 2 is 1.90 bits per heavy atom. The van der Waals surface area contributed by atoms with Crippen LogP contribution < -0.4 is 10.6 Å². The van der Waals surface area contributed by atoms with Gasteiger partial charge >= 0.3 is 6.03 Å². The van der Waals surface area contributed by atoms with Gasteiger partial charge in [0.25, 0.3) is 0 Å². The SMILES string of the molecule is O=C(NCC(=O)N1CCCC1)Nc1cc(F)ccc1F. The molecule has 2 rings (SSSR count). The minimum absolute atomic E-state index is 0.164. The van der Waals surface area contributed by atoms with Gasteiger partial charge in [-0.15, -0.1) is 0 Å². The number of nitrogens with one attached hydrogen (secondary N) is 2. The molecule has 20 heavy (non-hydrogen) atoms. The number of benzene rings is 1. The number of urea groups is 1. The molecule has 0 saturated carbocycles. The summed E-state index contributed by atoms with van der Waals surface area (Å²) in [7, 11) is 0. The van der Waals surface area contributed by atoms with Crippen molar-refractivity contribution in [2.24, 2.45) is 0 Å². The van der Waals surface area contributed by atoms with E-state index >= 15 is 0 Å². The summed E-state index contributed by atoms with van der Waals surface area (Å²) >= 11 is 0. The maximum Gasteiger partial charge on any atom is 0.319 e. The highest BCUT2D eigenvalue weighted by atomic mass is 19.1. The van der Waals surface area contributed by atoms with Crippen LogP contribution in [0.3, 0.4) is 0 Å². The highest BCUT2D eigenvalue weighted by Gasteiger charge is 2.18. The number of rotatable bonds is 3. The van der Waals surface area contributed by atoms with Gasteiger partial charge in [-0.3, -0.25) is 4.79 Å². The number of nitrogens with zero attached hydrogens (tertiary/aromatic N) is 1. The Labute approximate surface area is 114 Å². The van der Waals surface area contributed by atoms with E-state index < -0.39 is 17.7 Å². The van der Waals surface area contributed by atoms with E-state index in [1.54, 1.807) is 4.90 Å². The van der Waals surface area contributed by atoms with E-state index in [9.17, 15) is 18.4 Å². The van der Waals surface area contributed by atoms with E-state index in [1.165, 1.54) is 0 Å². The molecule has 1 aromatic carbocycles. The van der Waals surface area contributed by atoms with E-state index in [2.05, 4.69) is 10.6 Å². The third-order valence-electron chi connectivity index (χ3n) is 3.04. The summed E-state index contributed by atoms with van der Waals surface area (Å²) in [5, 5.41) is 4.49. The van der Waals surface area contributed by atoms with Crippen LogP contribution >= 0.6 is 0 Å². The minimum Gasteiger partial charge on any atom is -0.341 e. The van der Waals surface area contributed by atoms with Crippen molar-refractivity contribution in [2.75, 3.05) is 25.0 Å². The first-order valence-corrected chi connectivity index (χ1v) is 6.34. The van der Waals surface area contributed by atoms with Crippen molar-refractivity contribution in [3.8, 4) is 0 Å². The molecule has 2 N–H and O–H groups in total. The average molecular weight is 283 g/mol. The first-order valence-electron chi connectivity index (χ1n) is 6.34. The molecule has 1 aromatic rings. The number of likely N-dealkylation sites (tertiary alicyclic amines) is 1. The number of hydrogen-bond donors (Lipinski definition) is 2. The molecule has 5 nitrogen and oxygen atoms in total. The maximum atomic E-state index is 13.3. The molecule has 1 fully saturated rings. The summed E-state index contributed by atoms with van der Waals surface area (Å²) in [6, 6.07) is 1.99. The Bertz CT molecular complexity index is 516. The zero-order chi connectivity index (χ0) is 14.5. The lowest BCUT2D eigenvalue weighted by molar-refractivity contribution is -0.128. The average Bonchev–Trinajstić information content (AvgIpc) is 2.94. The Balaban J connectivity index is 1.83. The van der Waals surface area contributed by atoms with Crippen LogP contribution in [0.15, 0.2) is 18.2 Å². The van der Waals surface area contributed by atoms with Gasteiger partial charge in [-0.2, -0.15) is 0 Å². The van der Waals surface area contributed by atoms with E-state index in [0.717, 1.165) is 31.0 Å². The van der Waals surface area contributed by atoms with Crippen molar-refractivity contribution in [1.29, 1.82) is 0 Å². The van der Waals surface area contributed by atoms with Crippen molar-refractivity contribution in [3.05, 3.63) is 29.8 Å². The van der Waals surface area contributed by atoms with E-state index in [0.29, 0.717) is 13.1 Å². The monoisotopic (exact) mass is 283 g/mol. The molecule has 0 bridgehead atoms. The lowest BCUT2D eigenvalue weighted by Gasteiger charge is -2.15. The Kier molecular flexibility index (Phi) is 4.49. The van der Waals surface area contributed by atoms with Gasteiger partial charge in [0.2, 0.25) is 5.91 Å². The van der Waals surface area contributed by atoms with Gasteiger partial charge in [0.1, 0.15) is 11.6 Å². The second kappa shape index (κ2) is 6.31. The lowest BCUT2D eigenvalue weighted by atomic mass is 10.3. The second-order valence-electron chi connectivity index (χ2n) is 4.52. The molecule has 0 aliphatic carbocycles. The molecule has 108 valence electrons. The predicted molar refractivity (Wildman–Crippen MR) is 69.2 cm³/mol. The van der Waals surface area contributed by atoms with Crippen molar-refractivity contribution < 1.29 is 18.4 Å². The second-order valence-corrected chi connectivity index (χ2v) is 4.52. The fourth-order valence-corrected chi connectivity index (χ4v) is 1.99. The lowest BCUT2D eigenvalue weighted by Crippen LogP contribution is -2.40. The fraction of sp³-hybridized carbons (Fsp3) is 0.385. The molecule has 0 spiro atoms. The Hall–Kier alpha value is -2.18. The molecule has 0 atom stereocenters. The third kappa shape index (κ3) is 3.66. The molecule has 0 aromatic heterocycles. The largest absolute Gasteiger partial charge is 0.341 e. The number of carbonyl (C=O) groups is 2. The number of hydrogen-bond acceptors (Lipinski definition) is 2. The molecule has 1 aliphatic rings. The number of amides is 3. The molecule has 1 heterocycles. The summed E-state index contributed by atoms with van der Waals surface area (Å²) in [5.41, 5.74) is -0.267. The number of halogens is 2. The molecule has 1 aliphatic heterocycles.